The molecule has 0 saturated heterocycles. The molecule has 0 aromatic rings. The van der Waals surface area contributed by atoms with E-state index in [9.17, 15) is 14.4 Å². The zero-order valence-electron chi connectivity index (χ0n) is 20.6. The number of amides is 3. The van der Waals surface area contributed by atoms with Crippen LogP contribution < -0.4 is 33.6 Å². The minimum absolute atomic E-state index is 0.0579. The van der Waals surface area contributed by atoms with Crippen molar-refractivity contribution in [3.8, 4) is 0 Å². The maximum atomic E-state index is 12.0. The Morgan fingerprint density at radius 3 is 1.73 bits per heavy atom. The number of rotatable bonds is 23. The van der Waals surface area contributed by atoms with Gasteiger partial charge >= 0.3 is 0 Å². The molecule has 0 unspecified atom stereocenters. The van der Waals surface area contributed by atoms with E-state index in [0.717, 1.165) is 57.8 Å². The Bertz CT molecular complexity index is 518. The van der Waals surface area contributed by atoms with Gasteiger partial charge in [0, 0.05) is 13.0 Å². The lowest BCUT2D eigenvalue weighted by atomic mass is 10.1. The molecule has 0 aliphatic carbocycles. The molecule has 0 aromatic heterocycles. The van der Waals surface area contributed by atoms with Crippen molar-refractivity contribution in [1.82, 2.24) is 10.6 Å². The van der Waals surface area contributed by atoms with Crippen LogP contribution in [0.5, 0.6) is 0 Å². The van der Waals surface area contributed by atoms with Crippen LogP contribution in [0.4, 0.5) is 0 Å². The molecular formula is C24H50N6O3. The van der Waals surface area contributed by atoms with Crippen LogP contribution in [0.25, 0.3) is 0 Å². The molecule has 0 saturated carbocycles. The van der Waals surface area contributed by atoms with Gasteiger partial charge in [0.15, 0.2) is 0 Å². The highest BCUT2D eigenvalue weighted by atomic mass is 16.2. The number of nitrogens with one attached hydrogen (secondary N) is 2. The van der Waals surface area contributed by atoms with Gasteiger partial charge in [0.05, 0.1) is 6.04 Å². The maximum absolute atomic E-state index is 12.0. The molecule has 0 aromatic carbocycles. The van der Waals surface area contributed by atoms with E-state index < -0.39 is 18.0 Å². The highest BCUT2D eigenvalue weighted by molar-refractivity contribution is 5.86. The van der Waals surface area contributed by atoms with Crippen LogP contribution in [0, 0.1) is 0 Å². The van der Waals surface area contributed by atoms with Gasteiger partial charge in [0.2, 0.25) is 17.7 Å². The zero-order valence-corrected chi connectivity index (χ0v) is 20.6. The van der Waals surface area contributed by atoms with Crippen LogP contribution in [0.15, 0.2) is 0 Å². The van der Waals surface area contributed by atoms with E-state index in [1.165, 1.54) is 25.7 Å². The average molecular weight is 471 g/mol. The molecule has 3 amide bonds. The quantitative estimate of drug-likeness (QED) is 0.123. The molecule has 10 N–H and O–H groups in total. The maximum Gasteiger partial charge on any atom is 0.239 e. The third kappa shape index (κ3) is 19.5. The van der Waals surface area contributed by atoms with E-state index in [0.29, 0.717) is 38.9 Å². The molecule has 0 bridgehead atoms. The summed E-state index contributed by atoms with van der Waals surface area (Å²) in [6.07, 6.45) is 14.8. The van der Waals surface area contributed by atoms with Gasteiger partial charge in [-0.05, 0) is 58.0 Å². The van der Waals surface area contributed by atoms with Gasteiger partial charge in [-0.25, -0.2) is 0 Å². The Labute approximate surface area is 200 Å². The molecule has 2 atom stereocenters. The first-order valence-electron chi connectivity index (χ1n) is 12.9. The summed E-state index contributed by atoms with van der Waals surface area (Å²) in [5.74, 6) is -0.641. The summed E-state index contributed by atoms with van der Waals surface area (Å²) >= 11 is 0. The number of carbonyl (C=O) groups excluding carboxylic acids is 3. The Hall–Kier alpha value is -1.71. The van der Waals surface area contributed by atoms with E-state index in [-0.39, 0.29) is 11.8 Å². The third-order valence-electron chi connectivity index (χ3n) is 5.81. The van der Waals surface area contributed by atoms with Crippen molar-refractivity contribution in [1.29, 1.82) is 0 Å². The first kappa shape index (κ1) is 31.3. The standard InChI is InChI=1S/C24H50N6O3/c25-17-11-9-14-20(27)24(33)29-19-13-7-5-3-1-2-4-6-8-16-22(31)30-21(23(28)32)15-10-12-18-26/h20-21H,1-19,25-27H2,(H2,28,32)(H,29,33)(H,30,31)/t20-,21-/m0/s1. The van der Waals surface area contributed by atoms with Gasteiger partial charge in [-0.1, -0.05) is 51.4 Å². The predicted octanol–water partition coefficient (Wildman–Crippen LogP) is 1.56. The lowest BCUT2D eigenvalue weighted by Crippen LogP contribution is -2.44. The van der Waals surface area contributed by atoms with E-state index in [1.807, 2.05) is 0 Å². The summed E-state index contributed by atoms with van der Waals surface area (Å²) in [4.78, 5) is 35.3. The van der Waals surface area contributed by atoms with Crippen molar-refractivity contribution in [2.45, 2.75) is 115 Å². The second-order valence-corrected chi connectivity index (χ2v) is 8.92. The number of carbonyl (C=O) groups is 3. The Balaban J connectivity index is 3.54. The van der Waals surface area contributed by atoms with E-state index in [1.54, 1.807) is 0 Å². The first-order valence-corrected chi connectivity index (χ1v) is 12.9. The summed E-state index contributed by atoms with van der Waals surface area (Å²) in [5, 5.41) is 5.66. The van der Waals surface area contributed by atoms with Gasteiger partial charge in [-0.2, -0.15) is 0 Å². The van der Waals surface area contributed by atoms with Gasteiger partial charge in [-0.15, -0.1) is 0 Å². The molecule has 0 aliphatic heterocycles. The third-order valence-corrected chi connectivity index (χ3v) is 5.81. The fraction of sp³-hybridized carbons (Fsp3) is 0.875. The summed E-state index contributed by atoms with van der Waals surface area (Å²) < 4.78 is 0. The average Bonchev–Trinajstić information content (AvgIpc) is 2.79. The van der Waals surface area contributed by atoms with Crippen LogP contribution >= 0.6 is 0 Å². The number of primary amides is 1. The van der Waals surface area contributed by atoms with Gasteiger partial charge in [0.25, 0.3) is 0 Å². The Kier molecular flexibility index (Phi) is 21.0. The Morgan fingerprint density at radius 2 is 1.18 bits per heavy atom. The minimum Gasteiger partial charge on any atom is -0.368 e. The zero-order chi connectivity index (χ0) is 24.7. The van der Waals surface area contributed by atoms with Crippen molar-refractivity contribution in [2.24, 2.45) is 22.9 Å². The lowest BCUT2D eigenvalue weighted by molar-refractivity contribution is -0.127. The minimum atomic E-state index is -0.588. The van der Waals surface area contributed by atoms with Crippen molar-refractivity contribution < 1.29 is 14.4 Å². The van der Waals surface area contributed by atoms with Crippen molar-refractivity contribution >= 4 is 17.7 Å². The second-order valence-electron chi connectivity index (χ2n) is 8.92. The molecule has 33 heavy (non-hydrogen) atoms. The largest absolute Gasteiger partial charge is 0.368 e. The van der Waals surface area contributed by atoms with Gasteiger partial charge < -0.3 is 33.6 Å². The van der Waals surface area contributed by atoms with Crippen molar-refractivity contribution in [3.63, 3.8) is 0 Å². The van der Waals surface area contributed by atoms with E-state index in [4.69, 9.17) is 22.9 Å². The molecular weight excluding hydrogens is 420 g/mol. The predicted molar refractivity (Wildman–Crippen MR) is 134 cm³/mol. The molecule has 0 heterocycles. The summed E-state index contributed by atoms with van der Waals surface area (Å²) in [6.45, 7) is 1.90. The topological polar surface area (TPSA) is 179 Å². The van der Waals surface area contributed by atoms with Crippen LogP contribution in [0.3, 0.4) is 0 Å². The molecule has 0 spiro atoms. The smallest absolute Gasteiger partial charge is 0.239 e. The fourth-order valence-corrected chi connectivity index (χ4v) is 3.68. The monoisotopic (exact) mass is 470 g/mol. The number of hydrogen-bond acceptors (Lipinski definition) is 6. The molecule has 0 radical (unpaired) electrons. The lowest BCUT2D eigenvalue weighted by Gasteiger charge is -2.15. The first-order chi connectivity index (χ1) is 15.9. The summed E-state index contributed by atoms with van der Waals surface area (Å²) in [6, 6.07) is -1.01. The number of unbranched alkanes of at least 4 members (excludes halogenated alkanes) is 10. The summed E-state index contributed by atoms with van der Waals surface area (Å²) in [7, 11) is 0. The highest BCUT2D eigenvalue weighted by Gasteiger charge is 2.17. The Morgan fingerprint density at radius 1 is 0.667 bits per heavy atom. The SMILES string of the molecule is NCCCC[C@H](NC(=O)CCCCCCCCCCCNC(=O)[C@@H](N)CCCCN)C(N)=O. The van der Waals surface area contributed by atoms with E-state index >= 15 is 0 Å². The second kappa shape index (κ2) is 22.1. The highest BCUT2D eigenvalue weighted by Crippen LogP contribution is 2.11. The molecule has 9 nitrogen and oxygen atoms in total. The molecule has 0 rings (SSSR count). The summed E-state index contributed by atoms with van der Waals surface area (Å²) in [5.41, 5.74) is 22.1. The number of hydrogen-bond donors (Lipinski definition) is 6. The molecule has 194 valence electrons. The van der Waals surface area contributed by atoms with Gasteiger partial charge in [0.1, 0.15) is 6.04 Å². The van der Waals surface area contributed by atoms with Crippen LogP contribution in [0.2, 0.25) is 0 Å². The molecule has 0 fully saturated rings. The van der Waals surface area contributed by atoms with Crippen LogP contribution in [-0.4, -0.2) is 49.4 Å². The normalized spacial score (nSPS) is 12.8. The molecule has 9 heteroatoms. The van der Waals surface area contributed by atoms with Crippen molar-refractivity contribution in [2.75, 3.05) is 19.6 Å². The fourth-order valence-electron chi connectivity index (χ4n) is 3.68. The van der Waals surface area contributed by atoms with Crippen LogP contribution in [0.1, 0.15) is 103 Å². The van der Waals surface area contributed by atoms with Crippen LogP contribution in [-0.2, 0) is 14.4 Å². The molecule has 0 aliphatic rings. The number of nitrogens with two attached hydrogens (primary N) is 4. The van der Waals surface area contributed by atoms with Crippen molar-refractivity contribution in [3.05, 3.63) is 0 Å². The van der Waals surface area contributed by atoms with E-state index in [2.05, 4.69) is 10.6 Å². The van der Waals surface area contributed by atoms with Gasteiger partial charge in [-0.3, -0.25) is 14.4 Å².